The molecule has 0 aliphatic carbocycles. The lowest BCUT2D eigenvalue weighted by Gasteiger charge is -2.12. The van der Waals surface area contributed by atoms with Crippen LogP contribution in [0.1, 0.15) is 32.2 Å². The van der Waals surface area contributed by atoms with Gasteiger partial charge < -0.3 is 10.3 Å². The maximum absolute atomic E-state index is 6.04. The molecule has 0 aliphatic rings. The highest BCUT2D eigenvalue weighted by Crippen LogP contribution is 2.23. The summed E-state index contributed by atoms with van der Waals surface area (Å²) in [5.41, 5.74) is 6.71. The molecule has 5 nitrogen and oxygen atoms in total. The molecule has 1 unspecified atom stereocenters. The van der Waals surface area contributed by atoms with Gasteiger partial charge in [-0.25, -0.2) is 0 Å². The highest BCUT2D eigenvalue weighted by Gasteiger charge is 2.20. The predicted molar refractivity (Wildman–Crippen MR) is 71.6 cm³/mol. The second-order valence-corrected chi connectivity index (χ2v) is 5.14. The van der Waals surface area contributed by atoms with Crippen LogP contribution < -0.4 is 5.73 Å². The van der Waals surface area contributed by atoms with Gasteiger partial charge in [0.2, 0.25) is 11.7 Å². The van der Waals surface area contributed by atoms with Gasteiger partial charge in [-0.2, -0.15) is 4.98 Å². The Morgan fingerprint density at radius 1 is 1.44 bits per heavy atom. The summed E-state index contributed by atoms with van der Waals surface area (Å²) in [5.74, 6) is 1.23. The Kier molecular flexibility index (Phi) is 4.08. The molecule has 2 rings (SSSR count). The van der Waals surface area contributed by atoms with Crippen molar-refractivity contribution in [2.24, 2.45) is 11.7 Å². The Balaban J connectivity index is 2.22. The normalized spacial score (nSPS) is 14.4. The first kappa shape index (κ1) is 13.2. The summed E-state index contributed by atoms with van der Waals surface area (Å²) in [6.45, 7) is 4.14. The third-order valence-corrected chi connectivity index (χ3v) is 3.41. The Morgan fingerprint density at radius 3 is 2.83 bits per heavy atom. The van der Waals surface area contributed by atoms with Crippen LogP contribution in [-0.2, 0) is 0 Å². The summed E-state index contributed by atoms with van der Waals surface area (Å²) in [4.78, 5) is 8.51. The van der Waals surface area contributed by atoms with Gasteiger partial charge in [0.05, 0.1) is 6.04 Å². The SMILES string of the molecule is CCC(C)[C@H](N)c1nc(-c2ccc(Br)cn2)no1. The van der Waals surface area contributed by atoms with E-state index in [1.165, 1.54) is 0 Å². The van der Waals surface area contributed by atoms with E-state index >= 15 is 0 Å². The minimum atomic E-state index is -0.230. The highest BCUT2D eigenvalue weighted by atomic mass is 79.9. The van der Waals surface area contributed by atoms with Crippen molar-refractivity contribution in [3.05, 3.63) is 28.7 Å². The largest absolute Gasteiger partial charge is 0.337 e. The zero-order chi connectivity index (χ0) is 13.1. The molecule has 0 saturated carbocycles. The van der Waals surface area contributed by atoms with Gasteiger partial charge in [0.15, 0.2) is 0 Å². The van der Waals surface area contributed by atoms with Crippen molar-refractivity contribution in [1.29, 1.82) is 0 Å². The lowest BCUT2D eigenvalue weighted by Crippen LogP contribution is -2.18. The number of aromatic nitrogens is 3. The van der Waals surface area contributed by atoms with Gasteiger partial charge >= 0.3 is 0 Å². The van der Waals surface area contributed by atoms with E-state index in [0.29, 0.717) is 23.3 Å². The van der Waals surface area contributed by atoms with Crippen LogP contribution in [0.4, 0.5) is 0 Å². The van der Waals surface area contributed by atoms with Crippen LogP contribution in [0.2, 0.25) is 0 Å². The maximum atomic E-state index is 6.04. The molecule has 6 heteroatoms. The minimum absolute atomic E-state index is 0.230. The highest BCUT2D eigenvalue weighted by molar-refractivity contribution is 9.10. The molecular weight excluding hydrogens is 296 g/mol. The summed E-state index contributed by atoms with van der Waals surface area (Å²) >= 11 is 3.33. The van der Waals surface area contributed by atoms with Crippen molar-refractivity contribution >= 4 is 15.9 Å². The number of halogens is 1. The topological polar surface area (TPSA) is 77.8 Å². The smallest absolute Gasteiger partial charge is 0.244 e. The van der Waals surface area contributed by atoms with Crippen molar-refractivity contribution in [3.63, 3.8) is 0 Å². The van der Waals surface area contributed by atoms with Gasteiger partial charge in [-0.3, -0.25) is 4.98 Å². The van der Waals surface area contributed by atoms with E-state index in [4.69, 9.17) is 10.3 Å². The second-order valence-electron chi connectivity index (χ2n) is 4.23. The Morgan fingerprint density at radius 2 is 2.22 bits per heavy atom. The second kappa shape index (κ2) is 5.58. The molecule has 0 aliphatic heterocycles. The van der Waals surface area contributed by atoms with Crippen LogP contribution in [0.3, 0.4) is 0 Å². The molecule has 2 aromatic heterocycles. The van der Waals surface area contributed by atoms with E-state index in [-0.39, 0.29) is 6.04 Å². The van der Waals surface area contributed by atoms with E-state index < -0.39 is 0 Å². The van der Waals surface area contributed by atoms with Crippen LogP contribution >= 0.6 is 15.9 Å². The number of hydrogen-bond donors (Lipinski definition) is 1. The van der Waals surface area contributed by atoms with E-state index in [0.717, 1.165) is 10.9 Å². The van der Waals surface area contributed by atoms with Crippen molar-refractivity contribution in [3.8, 4) is 11.5 Å². The summed E-state index contributed by atoms with van der Waals surface area (Å²) in [5, 5.41) is 3.91. The van der Waals surface area contributed by atoms with Crippen molar-refractivity contribution in [1.82, 2.24) is 15.1 Å². The number of hydrogen-bond acceptors (Lipinski definition) is 5. The third kappa shape index (κ3) is 2.76. The molecule has 2 aromatic rings. The van der Waals surface area contributed by atoms with E-state index in [2.05, 4.69) is 44.9 Å². The van der Waals surface area contributed by atoms with Crippen LogP contribution in [-0.4, -0.2) is 15.1 Å². The van der Waals surface area contributed by atoms with E-state index in [1.807, 2.05) is 12.1 Å². The first-order valence-electron chi connectivity index (χ1n) is 5.83. The zero-order valence-corrected chi connectivity index (χ0v) is 11.9. The molecule has 18 heavy (non-hydrogen) atoms. The number of rotatable bonds is 4. The molecule has 96 valence electrons. The molecule has 0 saturated heterocycles. The van der Waals surface area contributed by atoms with Crippen molar-refractivity contribution in [2.45, 2.75) is 26.3 Å². The van der Waals surface area contributed by atoms with Gasteiger partial charge in [0.25, 0.3) is 0 Å². The Bertz CT molecular complexity index is 511. The molecule has 2 N–H and O–H groups in total. The van der Waals surface area contributed by atoms with Gasteiger partial charge in [-0.1, -0.05) is 25.4 Å². The molecule has 2 atom stereocenters. The summed E-state index contributed by atoms with van der Waals surface area (Å²) in [6, 6.07) is 3.48. The molecular formula is C12H15BrN4O. The van der Waals surface area contributed by atoms with Crippen LogP contribution in [0.5, 0.6) is 0 Å². The Labute approximate surface area is 114 Å². The standard InChI is InChI=1S/C12H15BrN4O/c1-3-7(2)10(14)12-16-11(17-18-12)9-5-4-8(13)6-15-9/h4-7,10H,3,14H2,1-2H3/t7?,10-/m0/s1. The maximum Gasteiger partial charge on any atom is 0.244 e. The molecule has 2 heterocycles. The van der Waals surface area contributed by atoms with Gasteiger partial charge in [-0.15, -0.1) is 0 Å². The average molecular weight is 311 g/mol. The van der Waals surface area contributed by atoms with Gasteiger partial charge in [-0.05, 0) is 34.0 Å². The average Bonchev–Trinajstić information content (AvgIpc) is 2.87. The monoisotopic (exact) mass is 310 g/mol. The van der Waals surface area contributed by atoms with Crippen molar-refractivity contribution < 1.29 is 4.52 Å². The first-order chi connectivity index (χ1) is 8.61. The van der Waals surface area contributed by atoms with Crippen LogP contribution in [0.25, 0.3) is 11.5 Å². The number of pyridine rings is 1. The third-order valence-electron chi connectivity index (χ3n) is 2.94. The lowest BCUT2D eigenvalue weighted by atomic mass is 10.0. The molecule has 0 bridgehead atoms. The van der Waals surface area contributed by atoms with E-state index in [1.54, 1.807) is 6.20 Å². The first-order valence-corrected chi connectivity index (χ1v) is 6.62. The minimum Gasteiger partial charge on any atom is -0.337 e. The molecule has 0 amide bonds. The molecule has 0 spiro atoms. The fraction of sp³-hybridized carbons (Fsp3) is 0.417. The summed E-state index contributed by atoms with van der Waals surface area (Å²) < 4.78 is 6.10. The number of nitrogens with two attached hydrogens (primary N) is 1. The fourth-order valence-corrected chi connectivity index (χ4v) is 1.71. The predicted octanol–water partition coefficient (Wildman–Crippen LogP) is 2.94. The van der Waals surface area contributed by atoms with Gasteiger partial charge in [0, 0.05) is 10.7 Å². The molecule has 0 radical (unpaired) electrons. The summed E-state index contributed by atoms with van der Waals surface area (Å²) in [7, 11) is 0. The van der Waals surface area contributed by atoms with E-state index in [9.17, 15) is 0 Å². The summed E-state index contributed by atoms with van der Waals surface area (Å²) in [6.07, 6.45) is 2.66. The Hall–Kier alpha value is -1.27. The molecule has 0 fully saturated rings. The fourth-order valence-electron chi connectivity index (χ4n) is 1.48. The number of nitrogens with zero attached hydrogens (tertiary/aromatic N) is 3. The van der Waals surface area contributed by atoms with Gasteiger partial charge in [0.1, 0.15) is 5.69 Å². The van der Waals surface area contributed by atoms with Crippen LogP contribution in [0, 0.1) is 5.92 Å². The quantitative estimate of drug-likeness (QED) is 0.939. The van der Waals surface area contributed by atoms with Crippen molar-refractivity contribution in [2.75, 3.05) is 0 Å². The lowest BCUT2D eigenvalue weighted by molar-refractivity contribution is 0.312. The molecule has 0 aromatic carbocycles. The zero-order valence-electron chi connectivity index (χ0n) is 10.3. The van der Waals surface area contributed by atoms with Crippen LogP contribution in [0.15, 0.2) is 27.3 Å².